The second-order valence-electron chi connectivity index (χ2n) is 6.12. The van der Waals surface area contributed by atoms with Gasteiger partial charge in [-0.1, -0.05) is 11.2 Å². The van der Waals surface area contributed by atoms with E-state index in [1.54, 1.807) is 37.5 Å². The first-order valence-corrected chi connectivity index (χ1v) is 7.99. The van der Waals surface area contributed by atoms with Crippen molar-refractivity contribution in [2.24, 2.45) is 0 Å². The molecule has 3 aromatic rings. The number of hydrogen-bond donors (Lipinski definition) is 2. The number of carbonyl (C=O) groups is 1. The van der Waals surface area contributed by atoms with Crippen molar-refractivity contribution in [3.63, 3.8) is 0 Å². The predicted octanol–water partition coefficient (Wildman–Crippen LogP) is 0.825. The van der Waals surface area contributed by atoms with Gasteiger partial charge in [0.05, 0.1) is 17.1 Å². The van der Waals surface area contributed by atoms with Gasteiger partial charge in [-0.3, -0.25) is 4.79 Å². The SMILES string of the molecule is CN1CC[C@@](O)(c2cc(-c3cccc(-c4ccnc(N)n4)n3)no2)C1=O. The molecule has 0 aromatic carbocycles. The summed E-state index contributed by atoms with van der Waals surface area (Å²) in [5.74, 6) is -0.136. The molecule has 3 N–H and O–H groups in total. The molecule has 1 amide bonds. The van der Waals surface area contributed by atoms with Crippen LogP contribution in [0.2, 0.25) is 0 Å². The molecule has 1 atom stereocenters. The molecule has 0 radical (unpaired) electrons. The second-order valence-corrected chi connectivity index (χ2v) is 6.12. The quantitative estimate of drug-likeness (QED) is 0.708. The number of anilines is 1. The lowest BCUT2D eigenvalue weighted by Crippen LogP contribution is -2.35. The number of likely N-dealkylation sites (tertiary alicyclic amines) is 1. The number of carbonyl (C=O) groups excluding carboxylic acids is 1. The van der Waals surface area contributed by atoms with Crippen LogP contribution >= 0.6 is 0 Å². The lowest BCUT2D eigenvalue weighted by atomic mass is 9.98. The van der Waals surface area contributed by atoms with Crippen molar-refractivity contribution in [2.45, 2.75) is 12.0 Å². The fraction of sp³-hybridized carbons (Fsp3) is 0.235. The summed E-state index contributed by atoms with van der Waals surface area (Å²) in [5.41, 5.74) is 6.05. The van der Waals surface area contributed by atoms with E-state index in [9.17, 15) is 9.90 Å². The molecule has 1 saturated heterocycles. The standard InChI is InChI=1S/C17H16N6O3/c1-23-8-6-17(25,15(23)24)14-9-13(22-26-14)11-4-2-3-10(20-11)12-5-7-19-16(18)21-12/h2-5,7,9,25H,6,8H2,1H3,(H2,18,19,21)/t17-/m1/s1. The van der Waals surface area contributed by atoms with Crippen LogP contribution in [0.15, 0.2) is 41.1 Å². The van der Waals surface area contributed by atoms with E-state index in [-0.39, 0.29) is 18.1 Å². The Morgan fingerprint density at radius 3 is 2.62 bits per heavy atom. The van der Waals surface area contributed by atoms with E-state index in [1.807, 2.05) is 0 Å². The van der Waals surface area contributed by atoms with E-state index >= 15 is 0 Å². The molecule has 1 fully saturated rings. The molecular weight excluding hydrogens is 336 g/mol. The third-order valence-electron chi connectivity index (χ3n) is 4.38. The smallest absolute Gasteiger partial charge is 0.262 e. The number of likely N-dealkylation sites (N-methyl/N-ethyl adjacent to an activating group) is 1. The van der Waals surface area contributed by atoms with Crippen molar-refractivity contribution in [3.8, 4) is 22.8 Å². The van der Waals surface area contributed by atoms with Gasteiger partial charge in [0, 0.05) is 32.3 Å². The van der Waals surface area contributed by atoms with E-state index in [4.69, 9.17) is 10.3 Å². The van der Waals surface area contributed by atoms with Crippen molar-refractivity contribution in [3.05, 3.63) is 42.3 Å². The number of hydrogen-bond acceptors (Lipinski definition) is 8. The maximum Gasteiger partial charge on any atom is 0.262 e. The molecular formula is C17H16N6O3. The van der Waals surface area contributed by atoms with Gasteiger partial charge in [0.2, 0.25) is 11.5 Å². The van der Waals surface area contributed by atoms with E-state index in [0.717, 1.165) is 0 Å². The van der Waals surface area contributed by atoms with Crippen molar-refractivity contribution in [1.29, 1.82) is 0 Å². The molecule has 3 aromatic heterocycles. The zero-order chi connectivity index (χ0) is 18.3. The van der Waals surface area contributed by atoms with Crippen LogP contribution in [0, 0.1) is 0 Å². The molecule has 0 bridgehead atoms. The highest BCUT2D eigenvalue weighted by atomic mass is 16.5. The van der Waals surface area contributed by atoms with Crippen LogP contribution in [-0.4, -0.2) is 49.6 Å². The van der Waals surface area contributed by atoms with Crippen LogP contribution < -0.4 is 5.73 Å². The predicted molar refractivity (Wildman–Crippen MR) is 91.3 cm³/mol. The first-order valence-electron chi connectivity index (χ1n) is 7.99. The summed E-state index contributed by atoms with van der Waals surface area (Å²) in [7, 11) is 1.63. The average Bonchev–Trinajstić information content (AvgIpc) is 3.25. The van der Waals surface area contributed by atoms with Crippen LogP contribution in [-0.2, 0) is 10.4 Å². The van der Waals surface area contributed by atoms with Gasteiger partial charge in [-0.2, -0.15) is 0 Å². The second kappa shape index (κ2) is 5.88. The molecule has 4 heterocycles. The van der Waals surface area contributed by atoms with E-state index in [2.05, 4.69) is 20.1 Å². The van der Waals surface area contributed by atoms with Gasteiger partial charge in [0.25, 0.3) is 5.91 Å². The maximum atomic E-state index is 12.2. The van der Waals surface area contributed by atoms with Gasteiger partial charge in [0.15, 0.2) is 5.76 Å². The maximum absolute atomic E-state index is 12.2. The minimum absolute atomic E-state index is 0.111. The minimum atomic E-state index is -1.68. The Morgan fingerprint density at radius 1 is 1.19 bits per heavy atom. The highest BCUT2D eigenvalue weighted by Gasteiger charge is 2.48. The highest BCUT2D eigenvalue weighted by molar-refractivity contribution is 5.87. The first kappa shape index (κ1) is 16.2. The number of amides is 1. The summed E-state index contributed by atoms with van der Waals surface area (Å²) in [6, 6.07) is 8.58. The lowest BCUT2D eigenvalue weighted by Gasteiger charge is -2.16. The summed E-state index contributed by atoms with van der Waals surface area (Å²) in [5, 5.41) is 14.6. The monoisotopic (exact) mass is 352 g/mol. The number of nitrogens with zero attached hydrogens (tertiary/aromatic N) is 5. The molecule has 132 valence electrons. The number of aromatic nitrogens is 4. The average molecular weight is 352 g/mol. The Labute approximate surface area is 148 Å². The lowest BCUT2D eigenvalue weighted by molar-refractivity contribution is -0.144. The number of aliphatic hydroxyl groups is 1. The summed E-state index contributed by atoms with van der Waals surface area (Å²) >= 11 is 0. The Balaban J connectivity index is 1.69. The number of nitrogen functional groups attached to an aromatic ring is 1. The van der Waals surface area contributed by atoms with Crippen LogP contribution in [0.25, 0.3) is 22.8 Å². The number of rotatable bonds is 3. The summed E-state index contributed by atoms with van der Waals surface area (Å²) < 4.78 is 5.26. The molecule has 26 heavy (non-hydrogen) atoms. The van der Waals surface area contributed by atoms with Crippen molar-refractivity contribution in [2.75, 3.05) is 19.3 Å². The van der Waals surface area contributed by atoms with Crippen LogP contribution in [0.4, 0.5) is 5.95 Å². The minimum Gasteiger partial charge on any atom is -0.373 e. The van der Waals surface area contributed by atoms with Gasteiger partial charge < -0.3 is 20.3 Å². The van der Waals surface area contributed by atoms with Gasteiger partial charge in [-0.05, 0) is 18.2 Å². The Hall–Kier alpha value is -3.33. The van der Waals surface area contributed by atoms with Crippen LogP contribution in [0.5, 0.6) is 0 Å². The van der Waals surface area contributed by atoms with Gasteiger partial charge in [0.1, 0.15) is 5.69 Å². The molecule has 9 heteroatoms. The molecule has 1 aliphatic rings. The first-order chi connectivity index (χ1) is 12.5. The van der Waals surface area contributed by atoms with Gasteiger partial charge >= 0.3 is 0 Å². The zero-order valence-electron chi connectivity index (χ0n) is 14.0. The van der Waals surface area contributed by atoms with Crippen molar-refractivity contribution >= 4 is 11.9 Å². The molecule has 1 aliphatic heterocycles. The normalized spacial score (nSPS) is 19.9. The largest absolute Gasteiger partial charge is 0.373 e. The molecule has 4 rings (SSSR count). The van der Waals surface area contributed by atoms with Gasteiger partial charge in [-0.15, -0.1) is 0 Å². The highest BCUT2D eigenvalue weighted by Crippen LogP contribution is 2.34. The summed E-state index contributed by atoms with van der Waals surface area (Å²) in [4.78, 5) is 26.2. The Kier molecular flexibility index (Phi) is 3.66. The molecule has 9 nitrogen and oxygen atoms in total. The Bertz CT molecular complexity index is 988. The summed E-state index contributed by atoms with van der Waals surface area (Å²) in [6.45, 7) is 0.453. The topological polar surface area (TPSA) is 131 Å². The third kappa shape index (κ3) is 2.58. The van der Waals surface area contributed by atoms with E-state index < -0.39 is 11.5 Å². The molecule has 0 aliphatic carbocycles. The van der Waals surface area contributed by atoms with Crippen molar-refractivity contribution < 1.29 is 14.4 Å². The third-order valence-corrected chi connectivity index (χ3v) is 4.38. The number of pyridine rings is 1. The zero-order valence-corrected chi connectivity index (χ0v) is 14.0. The van der Waals surface area contributed by atoms with Crippen LogP contribution in [0.1, 0.15) is 12.2 Å². The van der Waals surface area contributed by atoms with E-state index in [1.165, 1.54) is 11.0 Å². The molecule has 0 unspecified atom stereocenters. The summed E-state index contributed by atoms with van der Waals surface area (Å²) in [6.07, 6.45) is 1.81. The Morgan fingerprint density at radius 2 is 1.92 bits per heavy atom. The fourth-order valence-electron chi connectivity index (χ4n) is 2.91. The molecule has 0 saturated carbocycles. The molecule has 0 spiro atoms. The fourth-order valence-corrected chi connectivity index (χ4v) is 2.91. The number of nitrogens with two attached hydrogens (primary N) is 1. The van der Waals surface area contributed by atoms with Gasteiger partial charge in [-0.25, -0.2) is 15.0 Å². The van der Waals surface area contributed by atoms with E-state index in [0.29, 0.717) is 29.3 Å². The van der Waals surface area contributed by atoms with Crippen LogP contribution in [0.3, 0.4) is 0 Å². The van der Waals surface area contributed by atoms with Crippen molar-refractivity contribution in [1.82, 2.24) is 25.0 Å².